The van der Waals surface area contributed by atoms with Crippen LogP contribution in [0.1, 0.15) is 24.8 Å². The van der Waals surface area contributed by atoms with Gasteiger partial charge in [0.1, 0.15) is 0 Å². The minimum atomic E-state index is -0.332. The van der Waals surface area contributed by atoms with E-state index in [4.69, 9.17) is 14.2 Å². The molecule has 0 aliphatic heterocycles. The van der Waals surface area contributed by atoms with Gasteiger partial charge in [0.25, 0.3) is 0 Å². The molecule has 0 aliphatic rings. The van der Waals surface area contributed by atoms with Gasteiger partial charge in [0.15, 0.2) is 11.5 Å². The van der Waals surface area contributed by atoms with Crippen LogP contribution in [0.5, 0.6) is 11.5 Å². The SMILES string of the molecule is COC(=O)C=C(CCCCc1ccccc1)Sc1ccc(OC)c(OC)c1. The minimum Gasteiger partial charge on any atom is -0.493 e. The Labute approximate surface area is 165 Å². The minimum absolute atomic E-state index is 0.332. The Hall–Kier alpha value is -2.40. The molecule has 5 heteroatoms. The molecule has 27 heavy (non-hydrogen) atoms. The van der Waals surface area contributed by atoms with Crippen LogP contribution in [0.4, 0.5) is 0 Å². The Kier molecular flexibility index (Phi) is 8.78. The molecule has 0 bridgehead atoms. The van der Waals surface area contributed by atoms with Crippen molar-refractivity contribution in [3.63, 3.8) is 0 Å². The van der Waals surface area contributed by atoms with Gasteiger partial charge in [-0.15, -0.1) is 0 Å². The van der Waals surface area contributed by atoms with Gasteiger partial charge >= 0.3 is 5.97 Å². The lowest BCUT2D eigenvalue weighted by Gasteiger charge is -2.11. The molecule has 4 nitrogen and oxygen atoms in total. The molecule has 0 unspecified atom stereocenters. The van der Waals surface area contributed by atoms with Gasteiger partial charge < -0.3 is 14.2 Å². The Morgan fingerprint density at radius 1 is 0.963 bits per heavy atom. The third-order valence-electron chi connectivity index (χ3n) is 4.07. The molecule has 0 fully saturated rings. The topological polar surface area (TPSA) is 44.8 Å². The van der Waals surface area contributed by atoms with E-state index in [1.165, 1.54) is 12.7 Å². The molecule has 2 rings (SSSR count). The summed E-state index contributed by atoms with van der Waals surface area (Å²) in [5.41, 5.74) is 1.34. The summed E-state index contributed by atoms with van der Waals surface area (Å²) in [4.78, 5) is 13.7. The number of esters is 1. The van der Waals surface area contributed by atoms with Crippen molar-refractivity contribution in [3.05, 3.63) is 65.1 Å². The molecule has 0 aromatic heterocycles. The highest BCUT2D eigenvalue weighted by Gasteiger charge is 2.09. The first kappa shape index (κ1) is 20.9. The van der Waals surface area contributed by atoms with Crippen molar-refractivity contribution in [2.45, 2.75) is 30.6 Å². The van der Waals surface area contributed by atoms with E-state index in [2.05, 4.69) is 24.3 Å². The monoisotopic (exact) mass is 386 g/mol. The van der Waals surface area contributed by atoms with E-state index in [0.29, 0.717) is 11.5 Å². The van der Waals surface area contributed by atoms with Crippen molar-refractivity contribution in [2.24, 2.45) is 0 Å². The maximum atomic E-state index is 11.7. The van der Waals surface area contributed by atoms with Crippen molar-refractivity contribution in [1.29, 1.82) is 0 Å². The van der Waals surface area contributed by atoms with Crippen molar-refractivity contribution < 1.29 is 19.0 Å². The van der Waals surface area contributed by atoms with Crippen LogP contribution in [0, 0.1) is 0 Å². The summed E-state index contributed by atoms with van der Waals surface area (Å²) < 4.78 is 15.4. The van der Waals surface area contributed by atoms with Gasteiger partial charge in [0.05, 0.1) is 21.3 Å². The first-order valence-electron chi connectivity index (χ1n) is 8.88. The Bertz CT molecular complexity index is 756. The largest absolute Gasteiger partial charge is 0.493 e. The fourth-order valence-corrected chi connectivity index (χ4v) is 3.65. The standard InChI is InChI=1S/C22H26O4S/c1-24-20-14-13-19(15-21(20)25-2)27-18(16-22(23)26-3)12-8-7-11-17-9-5-4-6-10-17/h4-6,9-10,13-16H,7-8,11-12H2,1-3H3. The van der Waals surface area contributed by atoms with Crippen LogP contribution in [-0.4, -0.2) is 27.3 Å². The van der Waals surface area contributed by atoms with E-state index in [1.807, 2.05) is 24.3 Å². The first-order chi connectivity index (χ1) is 13.2. The number of carbonyl (C=O) groups excluding carboxylic acids is 1. The van der Waals surface area contributed by atoms with Crippen LogP contribution in [0.25, 0.3) is 0 Å². The van der Waals surface area contributed by atoms with Crippen molar-refractivity contribution >= 4 is 17.7 Å². The van der Waals surface area contributed by atoms with Crippen LogP contribution >= 0.6 is 11.8 Å². The van der Waals surface area contributed by atoms with Crippen LogP contribution in [0.2, 0.25) is 0 Å². The molecule has 144 valence electrons. The first-order valence-corrected chi connectivity index (χ1v) is 9.70. The molecule has 0 spiro atoms. The summed E-state index contributed by atoms with van der Waals surface area (Å²) in [6.07, 6.45) is 5.49. The summed E-state index contributed by atoms with van der Waals surface area (Å²) in [6, 6.07) is 16.2. The zero-order valence-corrected chi connectivity index (χ0v) is 16.9. The van der Waals surface area contributed by atoms with E-state index in [0.717, 1.165) is 35.5 Å². The quantitative estimate of drug-likeness (QED) is 0.241. The number of rotatable bonds is 10. The summed E-state index contributed by atoms with van der Waals surface area (Å²) in [7, 11) is 4.62. The van der Waals surface area contributed by atoms with Crippen molar-refractivity contribution in [3.8, 4) is 11.5 Å². The lowest BCUT2D eigenvalue weighted by atomic mass is 10.1. The van der Waals surface area contributed by atoms with E-state index < -0.39 is 0 Å². The summed E-state index contributed by atoms with van der Waals surface area (Å²) in [6.45, 7) is 0. The normalized spacial score (nSPS) is 11.1. The predicted molar refractivity (Wildman–Crippen MR) is 109 cm³/mol. The smallest absolute Gasteiger partial charge is 0.331 e. The molecule has 0 heterocycles. The van der Waals surface area contributed by atoms with Crippen LogP contribution in [-0.2, 0) is 16.0 Å². The zero-order chi connectivity index (χ0) is 19.5. The Morgan fingerprint density at radius 3 is 2.37 bits per heavy atom. The average Bonchev–Trinajstić information content (AvgIpc) is 2.71. The third kappa shape index (κ3) is 7.02. The van der Waals surface area contributed by atoms with E-state index in [1.54, 1.807) is 32.1 Å². The van der Waals surface area contributed by atoms with Crippen molar-refractivity contribution in [2.75, 3.05) is 21.3 Å². The highest BCUT2D eigenvalue weighted by molar-refractivity contribution is 8.03. The van der Waals surface area contributed by atoms with Gasteiger partial charge in [0, 0.05) is 11.0 Å². The maximum absolute atomic E-state index is 11.7. The fourth-order valence-electron chi connectivity index (χ4n) is 2.65. The molecule has 0 atom stereocenters. The van der Waals surface area contributed by atoms with E-state index in [9.17, 15) is 4.79 Å². The summed E-state index contributed by atoms with van der Waals surface area (Å²) in [5.74, 6) is 1.02. The van der Waals surface area contributed by atoms with Gasteiger partial charge in [-0.1, -0.05) is 42.1 Å². The number of carbonyl (C=O) groups is 1. The number of allylic oxidation sites excluding steroid dienone is 1. The fraction of sp³-hybridized carbons (Fsp3) is 0.318. The number of hydrogen-bond donors (Lipinski definition) is 0. The van der Waals surface area contributed by atoms with Crippen LogP contribution in [0.3, 0.4) is 0 Å². The number of unbranched alkanes of at least 4 members (excludes halogenated alkanes) is 1. The lowest BCUT2D eigenvalue weighted by molar-refractivity contribution is -0.134. The molecule has 0 aliphatic carbocycles. The zero-order valence-electron chi connectivity index (χ0n) is 16.1. The number of methoxy groups -OCH3 is 3. The van der Waals surface area contributed by atoms with Crippen LogP contribution < -0.4 is 9.47 Å². The molecule has 2 aromatic rings. The Morgan fingerprint density at radius 2 is 1.70 bits per heavy atom. The predicted octanol–water partition coefficient (Wildman–Crippen LogP) is 5.27. The number of hydrogen-bond acceptors (Lipinski definition) is 5. The maximum Gasteiger partial charge on any atom is 0.331 e. The molecule has 0 radical (unpaired) electrons. The van der Waals surface area contributed by atoms with Gasteiger partial charge in [-0.3, -0.25) is 0 Å². The highest BCUT2D eigenvalue weighted by atomic mass is 32.2. The summed E-state index contributed by atoms with van der Waals surface area (Å²) >= 11 is 1.55. The number of ether oxygens (including phenoxy) is 3. The second-order valence-electron chi connectivity index (χ2n) is 5.95. The number of thioether (sulfide) groups is 1. The van der Waals surface area contributed by atoms with E-state index >= 15 is 0 Å². The average molecular weight is 387 g/mol. The molecular weight excluding hydrogens is 360 g/mol. The van der Waals surface area contributed by atoms with Gasteiger partial charge in [-0.05, 0) is 54.4 Å². The molecule has 0 N–H and O–H groups in total. The van der Waals surface area contributed by atoms with Gasteiger partial charge in [-0.25, -0.2) is 4.79 Å². The molecule has 0 saturated heterocycles. The Balaban J connectivity index is 1.99. The summed E-state index contributed by atoms with van der Waals surface area (Å²) in [5, 5.41) is 0. The number of benzene rings is 2. The molecule has 0 saturated carbocycles. The number of aryl methyl sites for hydroxylation is 1. The second-order valence-corrected chi connectivity index (χ2v) is 7.15. The third-order valence-corrected chi connectivity index (χ3v) is 5.14. The highest BCUT2D eigenvalue weighted by Crippen LogP contribution is 2.36. The van der Waals surface area contributed by atoms with Gasteiger partial charge in [0.2, 0.25) is 0 Å². The second kappa shape index (κ2) is 11.3. The van der Waals surface area contributed by atoms with Crippen LogP contribution in [0.15, 0.2) is 64.4 Å². The van der Waals surface area contributed by atoms with Crippen molar-refractivity contribution in [1.82, 2.24) is 0 Å². The molecular formula is C22H26O4S. The van der Waals surface area contributed by atoms with E-state index in [-0.39, 0.29) is 5.97 Å². The van der Waals surface area contributed by atoms with Gasteiger partial charge in [-0.2, -0.15) is 0 Å². The molecule has 2 aromatic carbocycles. The molecule has 0 amide bonds. The lowest BCUT2D eigenvalue weighted by Crippen LogP contribution is -1.97.